The highest BCUT2D eigenvalue weighted by Crippen LogP contribution is 2.24. The van der Waals surface area contributed by atoms with E-state index >= 15 is 0 Å². The molecule has 0 saturated carbocycles. The number of nitrogen functional groups attached to an aromatic ring is 1. The zero-order chi connectivity index (χ0) is 12.7. The molecule has 1 fully saturated rings. The number of para-hydroxylation sites is 1. The summed E-state index contributed by atoms with van der Waals surface area (Å²) in [6.45, 7) is 3.00. The molecule has 1 saturated heterocycles. The second-order valence-electron chi connectivity index (χ2n) is 5.11. The van der Waals surface area contributed by atoms with E-state index < -0.39 is 0 Å². The molecule has 96 valence electrons. The van der Waals surface area contributed by atoms with Crippen LogP contribution in [0.5, 0.6) is 0 Å². The van der Waals surface area contributed by atoms with Crippen molar-refractivity contribution in [2.24, 2.45) is 5.92 Å². The Kier molecular flexibility index (Phi) is 2.70. The third-order valence-electron chi connectivity index (χ3n) is 3.69. The van der Waals surface area contributed by atoms with Gasteiger partial charge in [-0.1, -0.05) is 6.07 Å². The lowest BCUT2D eigenvalue weighted by Crippen LogP contribution is -2.17. The van der Waals surface area contributed by atoms with E-state index in [0.29, 0.717) is 17.4 Å². The molecule has 1 aromatic carbocycles. The van der Waals surface area contributed by atoms with Gasteiger partial charge in [0.25, 0.3) is 0 Å². The molecule has 2 N–H and O–H groups in total. The summed E-state index contributed by atoms with van der Waals surface area (Å²) < 4.78 is 15.5. The van der Waals surface area contributed by atoms with Crippen LogP contribution in [0, 0.1) is 11.7 Å². The highest BCUT2D eigenvalue weighted by atomic mass is 19.1. The molecule has 1 unspecified atom stereocenters. The number of nitrogens with zero attached hydrogens (tertiary/aromatic N) is 3. The van der Waals surface area contributed by atoms with Gasteiger partial charge in [0.15, 0.2) is 5.82 Å². The first-order valence-electron chi connectivity index (χ1n) is 6.24. The fraction of sp³-hybridized carbons (Fsp3) is 0.462. The van der Waals surface area contributed by atoms with E-state index in [9.17, 15) is 4.39 Å². The van der Waals surface area contributed by atoms with Gasteiger partial charge < -0.3 is 15.2 Å². The molecule has 2 heterocycles. The SMILES string of the molecule is CN1CCC(Cn2c(N)nc3c(F)cccc32)C1. The number of hydrogen-bond acceptors (Lipinski definition) is 3. The fourth-order valence-electron chi connectivity index (χ4n) is 2.76. The van der Waals surface area contributed by atoms with E-state index in [1.165, 1.54) is 6.07 Å². The maximum absolute atomic E-state index is 13.6. The second-order valence-corrected chi connectivity index (χ2v) is 5.11. The van der Waals surface area contributed by atoms with Gasteiger partial charge in [-0.25, -0.2) is 9.37 Å². The van der Waals surface area contributed by atoms with Crippen LogP contribution in [-0.2, 0) is 6.54 Å². The van der Waals surface area contributed by atoms with Crippen molar-refractivity contribution in [3.63, 3.8) is 0 Å². The summed E-state index contributed by atoms with van der Waals surface area (Å²) in [4.78, 5) is 6.43. The number of hydrogen-bond donors (Lipinski definition) is 1. The van der Waals surface area contributed by atoms with Gasteiger partial charge in [0.1, 0.15) is 5.52 Å². The average molecular weight is 248 g/mol. The Morgan fingerprint density at radius 3 is 3.06 bits per heavy atom. The largest absolute Gasteiger partial charge is 0.369 e. The van der Waals surface area contributed by atoms with Crippen molar-refractivity contribution in [1.82, 2.24) is 14.5 Å². The Hall–Kier alpha value is -1.62. The molecule has 1 atom stereocenters. The number of anilines is 1. The maximum Gasteiger partial charge on any atom is 0.201 e. The van der Waals surface area contributed by atoms with Gasteiger partial charge >= 0.3 is 0 Å². The molecule has 4 nitrogen and oxygen atoms in total. The molecule has 0 bridgehead atoms. The highest BCUT2D eigenvalue weighted by molar-refractivity contribution is 5.78. The number of fused-ring (bicyclic) bond motifs is 1. The predicted molar refractivity (Wildman–Crippen MR) is 69.7 cm³/mol. The Bertz CT molecular complexity index is 578. The van der Waals surface area contributed by atoms with E-state index in [-0.39, 0.29) is 5.82 Å². The van der Waals surface area contributed by atoms with Crippen LogP contribution in [0.15, 0.2) is 18.2 Å². The van der Waals surface area contributed by atoms with E-state index in [4.69, 9.17) is 5.73 Å². The minimum Gasteiger partial charge on any atom is -0.369 e. The van der Waals surface area contributed by atoms with Crippen LogP contribution < -0.4 is 5.73 Å². The molecule has 0 radical (unpaired) electrons. The first-order valence-corrected chi connectivity index (χ1v) is 6.24. The van der Waals surface area contributed by atoms with Gasteiger partial charge in [0, 0.05) is 13.1 Å². The number of halogens is 1. The Morgan fingerprint density at radius 2 is 2.33 bits per heavy atom. The van der Waals surface area contributed by atoms with Crippen molar-refractivity contribution >= 4 is 17.0 Å². The minimum atomic E-state index is -0.304. The number of aromatic nitrogens is 2. The lowest BCUT2D eigenvalue weighted by atomic mass is 10.1. The lowest BCUT2D eigenvalue weighted by Gasteiger charge is -2.13. The van der Waals surface area contributed by atoms with E-state index in [1.807, 2.05) is 10.6 Å². The van der Waals surface area contributed by atoms with Gasteiger partial charge in [0.05, 0.1) is 5.52 Å². The molecule has 1 aliphatic heterocycles. The Balaban J connectivity index is 1.96. The van der Waals surface area contributed by atoms with Crippen molar-refractivity contribution in [2.75, 3.05) is 25.9 Å². The van der Waals surface area contributed by atoms with Crippen LogP contribution in [0.3, 0.4) is 0 Å². The lowest BCUT2D eigenvalue weighted by molar-refractivity contribution is 0.380. The van der Waals surface area contributed by atoms with Crippen LogP contribution in [0.2, 0.25) is 0 Å². The molecular weight excluding hydrogens is 231 g/mol. The number of nitrogens with two attached hydrogens (primary N) is 1. The summed E-state index contributed by atoms with van der Waals surface area (Å²) in [5.74, 6) is 0.670. The monoisotopic (exact) mass is 248 g/mol. The first kappa shape index (κ1) is 11.5. The molecule has 0 spiro atoms. The molecular formula is C13H17FN4. The van der Waals surface area contributed by atoms with Gasteiger partial charge in [-0.05, 0) is 38.1 Å². The third-order valence-corrected chi connectivity index (χ3v) is 3.69. The number of benzene rings is 1. The van der Waals surface area contributed by atoms with Crippen molar-refractivity contribution < 1.29 is 4.39 Å². The highest BCUT2D eigenvalue weighted by Gasteiger charge is 2.22. The van der Waals surface area contributed by atoms with Crippen molar-refractivity contribution in [1.29, 1.82) is 0 Å². The molecule has 2 aromatic rings. The van der Waals surface area contributed by atoms with E-state index in [2.05, 4.69) is 16.9 Å². The van der Waals surface area contributed by atoms with Crippen LogP contribution in [0.1, 0.15) is 6.42 Å². The van der Waals surface area contributed by atoms with Crippen molar-refractivity contribution in [2.45, 2.75) is 13.0 Å². The van der Waals surface area contributed by atoms with Crippen LogP contribution in [-0.4, -0.2) is 34.6 Å². The second kappa shape index (κ2) is 4.24. The minimum absolute atomic E-state index is 0.304. The molecule has 1 aliphatic rings. The third kappa shape index (κ3) is 1.84. The first-order chi connectivity index (χ1) is 8.65. The summed E-state index contributed by atoms with van der Waals surface area (Å²) in [7, 11) is 2.12. The zero-order valence-corrected chi connectivity index (χ0v) is 10.4. The van der Waals surface area contributed by atoms with Gasteiger partial charge in [-0.2, -0.15) is 0 Å². The topological polar surface area (TPSA) is 47.1 Å². The van der Waals surface area contributed by atoms with Crippen LogP contribution >= 0.6 is 0 Å². The normalized spacial score (nSPS) is 20.9. The van der Waals surface area contributed by atoms with Gasteiger partial charge in [-0.3, -0.25) is 0 Å². The molecule has 0 aliphatic carbocycles. The zero-order valence-electron chi connectivity index (χ0n) is 10.4. The summed E-state index contributed by atoms with van der Waals surface area (Å²) in [5, 5.41) is 0. The van der Waals surface area contributed by atoms with Crippen molar-refractivity contribution in [3.8, 4) is 0 Å². The molecule has 0 amide bonds. The van der Waals surface area contributed by atoms with E-state index in [0.717, 1.165) is 31.6 Å². The Labute approximate surface area is 105 Å². The molecule has 1 aromatic heterocycles. The molecule has 5 heteroatoms. The van der Waals surface area contributed by atoms with Crippen LogP contribution in [0.4, 0.5) is 10.3 Å². The summed E-state index contributed by atoms with van der Waals surface area (Å²) >= 11 is 0. The van der Waals surface area contributed by atoms with Gasteiger partial charge in [0.2, 0.25) is 5.95 Å². The van der Waals surface area contributed by atoms with Gasteiger partial charge in [-0.15, -0.1) is 0 Å². The smallest absolute Gasteiger partial charge is 0.201 e. The summed E-state index contributed by atoms with van der Waals surface area (Å²) in [6, 6.07) is 5.00. The number of imidazole rings is 1. The number of likely N-dealkylation sites (tertiary alicyclic amines) is 1. The standard InChI is InChI=1S/C13H17FN4/c1-17-6-5-9(7-17)8-18-11-4-2-3-10(14)12(11)16-13(18)15/h2-4,9H,5-8H2,1H3,(H2,15,16). The number of rotatable bonds is 2. The summed E-state index contributed by atoms with van der Waals surface area (Å²) in [5.41, 5.74) is 7.08. The van der Waals surface area contributed by atoms with E-state index in [1.54, 1.807) is 6.07 Å². The maximum atomic E-state index is 13.6. The van der Waals surface area contributed by atoms with Crippen LogP contribution in [0.25, 0.3) is 11.0 Å². The fourth-order valence-corrected chi connectivity index (χ4v) is 2.76. The Morgan fingerprint density at radius 1 is 1.50 bits per heavy atom. The summed E-state index contributed by atoms with van der Waals surface area (Å²) in [6.07, 6.45) is 1.16. The molecule has 3 rings (SSSR count). The molecule has 18 heavy (non-hydrogen) atoms. The van der Waals surface area contributed by atoms with Crippen molar-refractivity contribution in [3.05, 3.63) is 24.0 Å². The quantitative estimate of drug-likeness (QED) is 0.880. The predicted octanol–water partition coefficient (Wildman–Crippen LogP) is 1.71. The average Bonchev–Trinajstić information content (AvgIpc) is 2.87.